The highest BCUT2D eigenvalue weighted by atomic mass is 32.1. The number of rotatable bonds is 6. The summed E-state index contributed by atoms with van der Waals surface area (Å²) in [6.45, 7) is 4.69. The third kappa shape index (κ3) is 4.21. The summed E-state index contributed by atoms with van der Waals surface area (Å²) >= 11 is 1.63. The Morgan fingerprint density at radius 1 is 1.53 bits per heavy atom. The van der Waals surface area contributed by atoms with Gasteiger partial charge in [0.2, 0.25) is 5.91 Å². The highest BCUT2D eigenvalue weighted by Gasteiger charge is 2.08. The summed E-state index contributed by atoms with van der Waals surface area (Å²) in [4.78, 5) is 16.2. The van der Waals surface area contributed by atoms with Crippen LogP contribution in [0.1, 0.15) is 42.6 Å². The van der Waals surface area contributed by atoms with Crippen molar-refractivity contribution in [3.63, 3.8) is 0 Å². The maximum atomic E-state index is 11.7. The Morgan fingerprint density at radius 2 is 2.37 bits per heavy atom. The van der Waals surface area contributed by atoms with Crippen LogP contribution in [0, 0.1) is 0 Å². The molecule has 1 amide bonds. The van der Waals surface area contributed by atoms with Gasteiger partial charge < -0.3 is 9.73 Å². The van der Waals surface area contributed by atoms with Crippen LogP contribution in [0.25, 0.3) is 0 Å². The molecule has 0 fully saturated rings. The molecule has 0 atom stereocenters. The van der Waals surface area contributed by atoms with Gasteiger partial charge in [0.25, 0.3) is 0 Å². The zero-order chi connectivity index (χ0) is 13.7. The Kier molecular flexibility index (Phi) is 4.74. The average Bonchev–Trinajstić information content (AvgIpc) is 3.05. The van der Waals surface area contributed by atoms with E-state index in [1.54, 1.807) is 17.6 Å². The van der Waals surface area contributed by atoms with E-state index in [9.17, 15) is 4.79 Å². The zero-order valence-corrected chi connectivity index (χ0v) is 12.0. The molecule has 2 heterocycles. The fourth-order valence-corrected chi connectivity index (χ4v) is 2.57. The first-order valence-corrected chi connectivity index (χ1v) is 7.26. The Labute approximate surface area is 116 Å². The summed E-state index contributed by atoms with van der Waals surface area (Å²) in [5, 5.41) is 5.92. The number of furan rings is 1. The van der Waals surface area contributed by atoms with Gasteiger partial charge in [-0.1, -0.05) is 13.8 Å². The van der Waals surface area contributed by atoms with Crippen molar-refractivity contribution < 1.29 is 9.21 Å². The minimum Gasteiger partial charge on any atom is -0.467 e. The smallest absolute Gasteiger partial charge is 0.220 e. The predicted molar refractivity (Wildman–Crippen MR) is 75.1 cm³/mol. The summed E-state index contributed by atoms with van der Waals surface area (Å²) in [5.41, 5.74) is 1.11. The van der Waals surface area contributed by atoms with Gasteiger partial charge in [-0.25, -0.2) is 4.98 Å². The van der Waals surface area contributed by atoms with Crippen molar-refractivity contribution in [1.29, 1.82) is 0 Å². The van der Waals surface area contributed by atoms with E-state index < -0.39 is 0 Å². The molecule has 4 nitrogen and oxygen atoms in total. The standard InChI is InChI=1S/C14H18N2O2S/c1-10(2)12-9-19-14(16-12)6-5-13(17)15-8-11-4-3-7-18-11/h3-4,7,9-10H,5-6,8H2,1-2H3,(H,15,17). The lowest BCUT2D eigenvalue weighted by Crippen LogP contribution is -2.22. The van der Waals surface area contributed by atoms with Gasteiger partial charge in [0.1, 0.15) is 5.76 Å². The van der Waals surface area contributed by atoms with Crippen LogP contribution in [0.5, 0.6) is 0 Å². The molecule has 0 bridgehead atoms. The molecule has 0 saturated carbocycles. The number of nitrogens with one attached hydrogen (secondary N) is 1. The topological polar surface area (TPSA) is 55.1 Å². The van der Waals surface area contributed by atoms with Crippen molar-refractivity contribution in [2.24, 2.45) is 0 Å². The minimum absolute atomic E-state index is 0.0256. The van der Waals surface area contributed by atoms with Crippen LogP contribution >= 0.6 is 11.3 Å². The van der Waals surface area contributed by atoms with Gasteiger partial charge in [-0.3, -0.25) is 4.79 Å². The highest BCUT2D eigenvalue weighted by molar-refractivity contribution is 7.09. The van der Waals surface area contributed by atoms with E-state index >= 15 is 0 Å². The Morgan fingerprint density at radius 3 is 3.00 bits per heavy atom. The molecule has 0 aliphatic rings. The number of carbonyl (C=O) groups excluding carboxylic acids is 1. The number of aromatic nitrogens is 1. The van der Waals surface area contributed by atoms with Crippen molar-refractivity contribution in [3.05, 3.63) is 40.2 Å². The number of hydrogen-bond acceptors (Lipinski definition) is 4. The van der Waals surface area contributed by atoms with E-state index in [1.807, 2.05) is 12.1 Å². The molecule has 19 heavy (non-hydrogen) atoms. The summed E-state index contributed by atoms with van der Waals surface area (Å²) in [5.74, 6) is 1.24. The summed E-state index contributed by atoms with van der Waals surface area (Å²) < 4.78 is 5.15. The molecule has 1 N–H and O–H groups in total. The van der Waals surface area contributed by atoms with E-state index in [0.29, 0.717) is 25.3 Å². The van der Waals surface area contributed by atoms with Crippen molar-refractivity contribution in [2.45, 2.75) is 39.2 Å². The van der Waals surface area contributed by atoms with Crippen molar-refractivity contribution >= 4 is 17.2 Å². The lowest BCUT2D eigenvalue weighted by molar-refractivity contribution is -0.121. The minimum atomic E-state index is 0.0256. The Bertz CT molecular complexity index is 517. The van der Waals surface area contributed by atoms with Crippen LogP contribution < -0.4 is 5.32 Å². The number of amides is 1. The monoisotopic (exact) mass is 278 g/mol. The second-order valence-electron chi connectivity index (χ2n) is 4.68. The Balaban J connectivity index is 1.73. The fourth-order valence-electron chi connectivity index (χ4n) is 1.61. The third-order valence-corrected chi connectivity index (χ3v) is 3.69. The normalized spacial score (nSPS) is 10.9. The Hall–Kier alpha value is -1.62. The van der Waals surface area contributed by atoms with E-state index in [1.165, 1.54) is 0 Å². The molecule has 2 aromatic heterocycles. The predicted octanol–water partition coefficient (Wildman–Crippen LogP) is 3.11. The second kappa shape index (κ2) is 6.52. The van der Waals surface area contributed by atoms with Crippen molar-refractivity contribution in [1.82, 2.24) is 10.3 Å². The van der Waals surface area contributed by atoms with Gasteiger partial charge >= 0.3 is 0 Å². The van der Waals surface area contributed by atoms with Crippen molar-refractivity contribution in [2.75, 3.05) is 0 Å². The molecule has 102 valence electrons. The van der Waals surface area contributed by atoms with Gasteiger partial charge in [0, 0.05) is 18.2 Å². The molecule has 0 saturated heterocycles. The van der Waals surface area contributed by atoms with E-state index in [-0.39, 0.29) is 5.91 Å². The molecule has 2 aromatic rings. The molecule has 0 aliphatic carbocycles. The molecule has 0 aliphatic heterocycles. The van der Waals surface area contributed by atoms with Crippen LogP contribution in [0.15, 0.2) is 28.2 Å². The van der Waals surface area contributed by atoms with E-state index in [0.717, 1.165) is 16.5 Å². The van der Waals surface area contributed by atoms with Gasteiger partial charge in [-0.2, -0.15) is 0 Å². The molecule has 0 spiro atoms. The van der Waals surface area contributed by atoms with E-state index in [2.05, 4.69) is 29.5 Å². The first-order chi connectivity index (χ1) is 9.15. The summed E-state index contributed by atoms with van der Waals surface area (Å²) in [7, 11) is 0. The largest absolute Gasteiger partial charge is 0.467 e. The van der Waals surface area contributed by atoms with E-state index in [4.69, 9.17) is 4.42 Å². The van der Waals surface area contributed by atoms with Crippen LogP contribution in [-0.4, -0.2) is 10.9 Å². The number of aryl methyl sites for hydroxylation is 1. The number of hydrogen-bond donors (Lipinski definition) is 1. The van der Waals surface area contributed by atoms with Gasteiger partial charge in [0.05, 0.1) is 23.5 Å². The summed E-state index contributed by atoms with van der Waals surface area (Å²) in [6.07, 6.45) is 2.76. The van der Waals surface area contributed by atoms with Gasteiger partial charge in [-0.15, -0.1) is 11.3 Å². The zero-order valence-electron chi connectivity index (χ0n) is 11.2. The maximum Gasteiger partial charge on any atom is 0.220 e. The first-order valence-electron chi connectivity index (χ1n) is 6.38. The number of thiazole rings is 1. The third-order valence-electron chi connectivity index (χ3n) is 2.77. The van der Waals surface area contributed by atoms with Crippen LogP contribution in [-0.2, 0) is 17.8 Å². The van der Waals surface area contributed by atoms with Crippen LogP contribution in [0.2, 0.25) is 0 Å². The highest BCUT2D eigenvalue weighted by Crippen LogP contribution is 2.18. The number of nitrogens with zero attached hydrogens (tertiary/aromatic N) is 1. The molecule has 5 heteroatoms. The molecule has 0 radical (unpaired) electrons. The quantitative estimate of drug-likeness (QED) is 0.883. The SMILES string of the molecule is CC(C)c1csc(CCC(=O)NCc2ccco2)n1. The van der Waals surface area contributed by atoms with Crippen LogP contribution in [0.3, 0.4) is 0 Å². The van der Waals surface area contributed by atoms with Gasteiger partial charge in [0.15, 0.2) is 0 Å². The molecular formula is C14H18N2O2S. The average molecular weight is 278 g/mol. The van der Waals surface area contributed by atoms with Crippen LogP contribution in [0.4, 0.5) is 0 Å². The molecule has 0 aromatic carbocycles. The lowest BCUT2D eigenvalue weighted by atomic mass is 10.2. The molecule has 0 unspecified atom stereocenters. The summed E-state index contributed by atoms with van der Waals surface area (Å²) in [6, 6.07) is 3.65. The number of carbonyl (C=O) groups is 1. The first kappa shape index (κ1) is 13.8. The second-order valence-corrected chi connectivity index (χ2v) is 5.62. The lowest BCUT2D eigenvalue weighted by Gasteiger charge is -2.02. The maximum absolute atomic E-state index is 11.7. The van der Waals surface area contributed by atoms with Gasteiger partial charge in [-0.05, 0) is 18.1 Å². The van der Waals surface area contributed by atoms with Crippen molar-refractivity contribution in [3.8, 4) is 0 Å². The fraction of sp³-hybridized carbons (Fsp3) is 0.429. The molecule has 2 rings (SSSR count). The molecular weight excluding hydrogens is 260 g/mol.